The molecule has 5 aliphatic rings. The van der Waals surface area contributed by atoms with Crippen LogP contribution in [0.3, 0.4) is 0 Å². The lowest BCUT2D eigenvalue weighted by molar-refractivity contribution is -0.134. The van der Waals surface area contributed by atoms with Crippen LogP contribution in [0.25, 0.3) is 5.65 Å². The van der Waals surface area contributed by atoms with Crippen molar-refractivity contribution < 1.29 is 37.5 Å². The molecule has 9 rings (SSSR count). The predicted molar refractivity (Wildman–Crippen MR) is 227 cm³/mol. The van der Waals surface area contributed by atoms with Gasteiger partial charge in [0.05, 0.1) is 30.7 Å². The first-order chi connectivity index (χ1) is 30.3. The summed E-state index contributed by atoms with van der Waals surface area (Å²) in [7, 11) is 3.64. The molecule has 4 aromatic rings. The van der Waals surface area contributed by atoms with Crippen molar-refractivity contribution in [3.05, 3.63) is 59.7 Å². The quantitative estimate of drug-likeness (QED) is 0.177. The first kappa shape index (κ1) is 42.3. The molecular weight excluding hydrogens is 817 g/mol. The minimum absolute atomic E-state index is 0.0280. The molecule has 1 spiro atoms. The summed E-state index contributed by atoms with van der Waals surface area (Å²) < 4.78 is 37.1. The van der Waals surface area contributed by atoms with E-state index in [-0.39, 0.29) is 53.3 Å². The maximum Gasteiger partial charge on any atom is 0.328 e. The van der Waals surface area contributed by atoms with Crippen LogP contribution in [0, 0.1) is 17.3 Å². The van der Waals surface area contributed by atoms with Gasteiger partial charge in [-0.1, -0.05) is 0 Å². The number of carbonyl (C=O) groups excluding carboxylic acids is 5. The Morgan fingerprint density at radius 1 is 1.02 bits per heavy atom. The number of anilines is 3. The molecule has 19 heteroatoms. The smallest absolute Gasteiger partial charge is 0.328 e. The van der Waals surface area contributed by atoms with Crippen LogP contribution in [0.1, 0.15) is 103 Å². The number of benzene rings is 1. The maximum atomic E-state index is 14.3. The van der Waals surface area contributed by atoms with Crippen LogP contribution >= 0.6 is 0 Å². The summed E-state index contributed by atoms with van der Waals surface area (Å²) in [4.78, 5) is 75.3. The van der Waals surface area contributed by atoms with Crippen LogP contribution in [-0.4, -0.2) is 124 Å². The third-order valence-electron chi connectivity index (χ3n) is 13.7. The number of hydrogen-bond donors (Lipinski definition) is 2. The number of aromatic nitrogens is 5. The summed E-state index contributed by atoms with van der Waals surface area (Å²) in [5.74, 6) is 1.33. The molecule has 3 saturated heterocycles. The molecular formula is C44H53F2N11O6. The van der Waals surface area contributed by atoms with Crippen LogP contribution in [0.4, 0.5) is 30.8 Å². The standard InChI is InChI=1S/C44H53F2N11O6/c1-52(14-9-27-10-15-53(16-11-27)42(61)29-5-8-35(63-2)34(19-29)55-17-13-37(59)50-43(55)62)23-28-3-6-30(7-4-28)57-24-33(38(51-57)39(45)46)48-41(60)32-22-47-56-18-12-36(49-40(32)56)54-25-44(26-54)20-31(58)21-44/h5,8,12,18-19,22,24,27-28,30,39H,3-4,6-7,9-11,13-17,20-21,23,25-26H2,1-2H3,(H,48,60)(H,50,59,62). The number of nitrogens with one attached hydrogen (secondary N) is 2. The van der Waals surface area contributed by atoms with Gasteiger partial charge in [-0.2, -0.15) is 10.2 Å². The van der Waals surface area contributed by atoms with E-state index in [0.29, 0.717) is 66.2 Å². The highest BCUT2D eigenvalue weighted by Gasteiger charge is 2.52. The molecule has 0 atom stereocenters. The molecule has 334 valence electrons. The van der Waals surface area contributed by atoms with Crippen LogP contribution in [0.2, 0.25) is 0 Å². The van der Waals surface area contributed by atoms with Crippen LogP contribution < -0.4 is 25.2 Å². The molecule has 3 aromatic heterocycles. The number of nitrogens with zero attached hydrogens (tertiary/aromatic N) is 9. The average molecular weight is 870 g/mol. The molecule has 3 aliphatic heterocycles. The largest absolute Gasteiger partial charge is 0.495 e. The topological polar surface area (TPSA) is 180 Å². The number of fused-ring (bicyclic) bond motifs is 1. The number of methoxy groups -OCH3 is 1. The normalized spacial score (nSPS) is 21.6. The van der Waals surface area contributed by atoms with Crippen LogP contribution in [0.5, 0.6) is 5.75 Å². The second kappa shape index (κ2) is 17.3. The van der Waals surface area contributed by atoms with E-state index >= 15 is 0 Å². The van der Waals surface area contributed by atoms with E-state index in [4.69, 9.17) is 4.74 Å². The number of urea groups is 1. The molecule has 17 nitrogen and oxygen atoms in total. The van der Waals surface area contributed by atoms with Crippen LogP contribution in [0.15, 0.2) is 42.9 Å². The summed E-state index contributed by atoms with van der Waals surface area (Å²) >= 11 is 0. The molecule has 6 heterocycles. The lowest BCUT2D eigenvalue weighted by Gasteiger charge is -2.55. The third kappa shape index (κ3) is 8.71. The number of halogens is 2. The summed E-state index contributed by atoms with van der Waals surface area (Å²) in [5.41, 5.74) is 0.942. The van der Waals surface area contributed by atoms with E-state index in [1.807, 2.05) is 11.0 Å². The fourth-order valence-electron chi connectivity index (χ4n) is 10.1. The van der Waals surface area contributed by atoms with Crippen molar-refractivity contribution in [3.8, 4) is 5.75 Å². The Morgan fingerprint density at radius 2 is 1.78 bits per heavy atom. The average Bonchev–Trinajstić information content (AvgIpc) is 3.88. The van der Waals surface area contributed by atoms with Gasteiger partial charge < -0.3 is 24.8 Å². The number of piperidine rings is 1. The summed E-state index contributed by atoms with van der Waals surface area (Å²) in [5, 5.41) is 13.5. The number of Topliss-reactive ketones (excluding diaryl/α,β-unsaturated/α-hetero) is 1. The van der Waals surface area contributed by atoms with E-state index in [2.05, 4.69) is 42.7 Å². The molecule has 0 unspecified atom stereocenters. The van der Waals surface area contributed by atoms with E-state index in [1.165, 1.54) is 28.9 Å². The molecule has 0 bridgehead atoms. The predicted octanol–water partition coefficient (Wildman–Crippen LogP) is 5.35. The monoisotopic (exact) mass is 869 g/mol. The van der Waals surface area contributed by atoms with E-state index in [0.717, 1.165) is 71.1 Å². The fraction of sp³-hybridized carbons (Fsp3) is 0.545. The highest BCUT2D eigenvalue weighted by Crippen LogP contribution is 2.47. The number of ether oxygens (including phenoxy) is 1. The number of amides is 5. The van der Waals surface area contributed by atoms with Gasteiger partial charge in [-0.3, -0.25) is 34.1 Å². The number of likely N-dealkylation sites (tertiary alicyclic amines) is 1. The Morgan fingerprint density at radius 3 is 2.48 bits per heavy atom. The van der Waals surface area contributed by atoms with Gasteiger partial charge in [-0.15, -0.1) is 0 Å². The Bertz CT molecular complexity index is 2410. The van der Waals surface area contributed by atoms with Gasteiger partial charge in [-0.05, 0) is 94.6 Å². The zero-order valence-electron chi connectivity index (χ0n) is 35.6. The van der Waals surface area contributed by atoms with Crippen molar-refractivity contribution in [2.75, 3.05) is 75.1 Å². The molecule has 1 aromatic carbocycles. The summed E-state index contributed by atoms with van der Waals surface area (Å²) in [6.07, 6.45) is 9.35. The fourth-order valence-corrected chi connectivity index (χ4v) is 10.1. The minimum atomic E-state index is -2.88. The van der Waals surface area contributed by atoms with Crippen molar-refractivity contribution >= 4 is 52.4 Å². The lowest BCUT2D eigenvalue weighted by Crippen LogP contribution is -2.63. The molecule has 2 N–H and O–H groups in total. The first-order valence-electron chi connectivity index (χ1n) is 21.9. The van der Waals surface area contributed by atoms with Gasteiger partial charge in [0.25, 0.3) is 18.2 Å². The van der Waals surface area contributed by atoms with Crippen molar-refractivity contribution in [2.24, 2.45) is 17.3 Å². The first-order valence-corrected chi connectivity index (χ1v) is 21.9. The van der Waals surface area contributed by atoms with Crippen molar-refractivity contribution in [1.29, 1.82) is 0 Å². The zero-order chi connectivity index (χ0) is 44.0. The van der Waals surface area contributed by atoms with Crippen molar-refractivity contribution in [1.82, 2.24) is 39.5 Å². The molecule has 2 aliphatic carbocycles. The SMILES string of the molecule is COc1ccc(C(=O)N2CCC(CCN(C)CC3CCC(n4cc(NC(=O)c5cnn6ccc(N7CC8(CC(=O)C8)C7)nc56)c(C(F)F)n4)CC3)CC2)cc1N1CCC(=O)NC1=O. The Labute approximate surface area is 363 Å². The molecule has 63 heavy (non-hydrogen) atoms. The Hall–Kier alpha value is -5.98. The van der Waals surface area contributed by atoms with Gasteiger partial charge in [0.15, 0.2) is 11.3 Å². The van der Waals surface area contributed by atoms with E-state index in [9.17, 15) is 32.8 Å². The van der Waals surface area contributed by atoms with Gasteiger partial charge in [0, 0.05) is 81.9 Å². The number of ketones is 1. The highest BCUT2D eigenvalue weighted by molar-refractivity contribution is 6.09. The number of carbonyl (C=O) groups is 5. The highest BCUT2D eigenvalue weighted by atomic mass is 19.3. The molecule has 2 saturated carbocycles. The third-order valence-corrected chi connectivity index (χ3v) is 13.7. The minimum Gasteiger partial charge on any atom is -0.495 e. The van der Waals surface area contributed by atoms with Crippen molar-refractivity contribution in [3.63, 3.8) is 0 Å². The van der Waals surface area contributed by atoms with Gasteiger partial charge >= 0.3 is 6.03 Å². The Kier molecular flexibility index (Phi) is 11.6. The Balaban J connectivity index is 0.730. The van der Waals surface area contributed by atoms with Crippen LogP contribution in [-0.2, 0) is 9.59 Å². The number of rotatable bonds is 13. The molecule has 5 fully saturated rings. The number of hydrogen-bond acceptors (Lipinski definition) is 11. The van der Waals surface area contributed by atoms with Crippen molar-refractivity contribution in [2.45, 2.75) is 76.7 Å². The van der Waals surface area contributed by atoms with Gasteiger partial charge in [-0.25, -0.2) is 23.1 Å². The van der Waals surface area contributed by atoms with E-state index < -0.39 is 24.1 Å². The van der Waals surface area contributed by atoms with Gasteiger partial charge in [0.1, 0.15) is 22.9 Å². The maximum absolute atomic E-state index is 14.3. The number of imide groups is 1. The summed E-state index contributed by atoms with van der Waals surface area (Å²) in [6, 6.07) is 6.28. The number of alkyl halides is 2. The zero-order valence-corrected chi connectivity index (χ0v) is 35.6. The van der Waals surface area contributed by atoms with Gasteiger partial charge in [0.2, 0.25) is 5.91 Å². The second-order valence-electron chi connectivity index (χ2n) is 18.1. The summed E-state index contributed by atoms with van der Waals surface area (Å²) in [6.45, 7) is 4.82. The second-order valence-corrected chi connectivity index (χ2v) is 18.1. The van der Waals surface area contributed by atoms with E-state index in [1.54, 1.807) is 29.1 Å². The molecule has 0 radical (unpaired) electrons. The molecule has 5 amide bonds. The lowest BCUT2D eigenvalue weighted by atomic mass is 9.63.